The summed E-state index contributed by atoms with van der Waals surface area (Å²) in [6.45, 7) is 7.08. The zero-order valence-corrected chi connectivity index (χ0v) is 17.8. The normalized spacial score (nSPS) is 33.9. The Kier molecular flexibility index (Phi) is 6.59. The van der Waals surface area contributed by atoms with Gasteiger partial charge < -0.3 is 9.80 Å². The molecule has 4 aliphatic heterocycles. The molecule has 5 heteroatoms. The lowest BCUT2D eigenvalue weighted by Gasteiger charge is -2.57. The standard InChI is InChI=1S/C23H39N3O2/c1-18(27)26-17-19-9-7-15-25-16-8-10-20(23(19)25)21(26)11-6-12-22(28)24-13-4-2-3-5-14-24/h19-21,23H,2-17H2,1H3/t19-,20+,21+,23-/m0/s1. The largest absolute Gasteiger partial charge is 0.343 e. The van der Waals surface area contributed by atoms with Gasteiger partial charge in [-0.15, -0.1) is 0 Å². The summed E-state index contributed by atoms with van der Waals surface area (Å²) in [5, 5.41) is 0. The second-order valence-corrected chi connectivity index (χ2v) is 9.66. The van der Waals surface area contributed by atoms with E-state index in [1.807, 2.05) is 0 Å². The van der Waals surface area contributed by atoms with Crippen LogP contribution in [-0.4, -0.2) is 71.3 Å². The second-order valence-electron chi connectivity index (χ2n) is 9.66. The Morgan fingerprint density at radius 2 is 1.61 bits per heavy atom. The minimum atomic E-state index is 0.241. The molecule has 0 unspecified atom stereocenters. The number of amides is 2. The van der Waals surface area contributed by atoms with Gasteiger partial charge in [0.15, 0.2) is 0 Å². The van der Waals surface area contributed by atoms with Gasteiger partial charge in [0.05, 0.1) is 0 Å². The van der Waals surface area contributed by atoms with E-state index < -0.39 is 0 Å². The van der Waals surface area contributed by atoms with E-state index >= 15 is 0 Å². The third-order valence-corrected chi connectivity index (χ3v) is 7.93. The van der Waals surface area contributed by atoms with Crippen LogP contribution < -0.4 is 0 Å². The van der Waals surface area contributed by atoms with Gasteiger partial charge in [0, 0.05) is 45.1 Å². The quantitative estimate of drug-likeness (QED) is 0.741. The summed E-state index contributed by atoms with van der Waals surface area (Å²) in [6, 6.07) is 1.03. The van der Waals surface area contributed by atoms with E-state index in [0.717, 1.165) is 45.3 Å². The van der Waals surface area contributed by atoms with Gasteiger partial charge >= 0.3 is 0 Å². The van der Waals surface area contributed by atoms with E-state index in [0.29, 0.717) is 36.2 Å². The Hall–Kier alpha value is -1.10. The molecule has 4 aliphatic rings. The summed E-state index contributed by atoms with van der Waals surface area (Å²) in [6.07, 6.45) is 12.5. The molecule has 5 nitrogen and oxygen atoms in total. The first-order chi connectivity index (χ1) is 13.6. The maximum Gasteiger partial charge on any atom is 0.222 e. The van der Waals surface area contributed by atoms with Crippen LogP contribution in [0.3, 0.4) is 0 Å². The average Bonchev–Trinajstić information content (AvgIpc) is 2.99. The van der Waals surface area contributed by atoms with Crippen molar-refractivity contribution in [2.45, 2.75) is 89.6 Å². The Bertz CT molecular complexity index is 556. The first-order valence-corrected chi connectivity index (χ1v) is 11.9. The van der Waals surface area contributed by atoms with Gasteiger partial charge in [0.2, 0.25) is 11.8 Å². The molecule has 4 saturated heterocycles. The van der Waals surface area contributed by atoms with Crippen molar-refractivity contribution in [1.29, 1.82) is 0 Å². The topological polar surface area (TPSA) is 43.9 Å². The predicted octanol–water partition coefficient (Wildman–Crippen LogP) is 3.28. The molecule has 4 fully saturated rings. The molecule has 0 aromatic carbocycles. The summed E-state index contributed by atoms with van der Waals surface area (Å²) in [7, 11) is 0. The summed E-state index contributed by atoms with van der Waals surface area (Å²) in [4.78, 5) is 32.2. The summed E-state index contributed by atoms with van der Waals surface area (Å²) >= 11 is 0. The molecule has 0 aliphatic carbocycles. The molecule has 4 heterocycles. The Labute approximate surface area is 170 Å². The third-order valence-electron chi connectivity index (χ3n) is 7.93. The number of rotatable bonds is 4. The van der Waals surface area contributed by atoms with Crippen molar-refractivity contribution < 1.29 is 9.59 Å². The Balaban J connectivity index is 1.38. The monoisotopic (exact) mass is 389 g/mol. The molecule has 4 rings (SSSR count). The van der Waals surface area contributed by atoms with Crippen molar-refractivity contribution in [3.8, 4) is 0 Å². The van der Waals surface area contributed by atoms with Crippen molar-refractivity contribution >= 4 is 11.8 Å². The molecule has 0 aromatic heterocycles. The van der Waals surface area contributed by atoms with E-state index in [1.54, 1.807) is 6.92 Å². The number of hydrogen-bond acceptors (Lipinski definition) is 3. The summed E-state index contributed by atoms with van der Waals surface area (Å²) < 4.78 is 0. The van der Waals surface area contributed by atoms with Gasteiger partial charge in [-0.3, -0.25) is 14.5 Å². The maximum atomic E-state index is 12.7. The van der Waals surface area contributed by atoms with Crippen LogP contribution >= 0.6 is 0 Å². The fraction of sp³-hybridized carbons (Fsp3) is 0.913. The van der Waals surface area contributed by atoms with Crippen molar-refractivity contribution in [1.82, 2.24) is 14.7 Å². The summed E-state index contributed by atoms with van der Waals surface area (Å²) in [5.74, 6) is 1.86. The fourth-order valence-electron chi connectivity index (χ4n) is 6.67. The van der Waals surface area contributed by atoms with Crippen LogP contribution in [0.4, 0.5) is 0 Å². The molecule has 0 aromatic rings. The highest BCUT2D eigenvalue weighted by molar-refractivity contribution is 5.76. The minimum Gasteiger partial charge on any atom is -0.343 e. The van der Waals surface area contributed by atoms with Crippen LogP contribution in [0.5, 0.6) is 0 Å². The van der Waals surface area contributed by atoms with Crippen LogP contribution in [0.25, 0.3) is 0 Å². The fourth-order valence-corrected chi connectivity index (χ4v) is 6.67. The van der Waals surface area contributed by atoms with Gasteiger partial charge in [-0.25, -0.2) is 0 Å². The molecule has 0 spiro atoms. The lowest BCUT2D eigenvalue weighted by atomic mass is 9.69. The van der Waals surface area contributed by atoms with Crippen molar-refractivity contribution in [2.75, 3.05) is 32.7 Å². The van der Waals surface area contributed by atoms with E-state index in [4.69, 9.17) is 0 Å². The van der Waals surface area contributed by atoms with Gasteiger partial charge in [0.25, 0.3) is 0 Å². The molecular formula is C23H39N3O2. The molecular weight excluding hydrogens is 350 g/mol. The van der Waals surface area contributed by atoms with Crippen molar-refractivity contribution in [3.05, 3.63) is 0 Å². The van der Waals surface area contributed by atoms with Crippen LogP contribution in [0.1, 0.15) is 77.6 Å². The minimum absolute atomic E-state index is 0.241. The number of carbonyl (C=O) groups excluding carboxylic acids is 2. The second kappa shape index (κ2) is 9.15. The molecule has 0 radical (unpaired) electrons. The highest BCUT2D eigenvalue weighted by Gasteiger charge is 2.48. The van der Waals surface area contributed by atoms with Crippen LogP contribution in [0.15, 0.2) is 0 Å². The molecule has 0 bridgehead atoms. The first-order valence-electron chi connectivity index (χ1n) is 11.9. The van der Waals surface area contributed by atoms with Gasteiger partial charge in [-0.2, -0.15) is 0 Å². The highest BCUT2D eigenvalue weighted by Crippen LogP contribution is 2.43. The van der Waals surface area contributed by atoms with Gasteiger partial charge in [-0.05, 0) is 76.3 Å². The third kappa shape index (κ3) is 4.24. The van der Waals surface area contributed by atoms with E-state index in [-0.39, 0.29) is 5.91 Å². The van der Waals surface area contributed by atoms with E-state index in [2.05, 4.69) is 14.7 Å². The molecule has 158 valence electrons. The first kappa shape index (κ1) is 20.2. The molecule has 0 saturated carbocycles. The molecule has 28 heavy (non-hydrogen) atoms. The molecule has 4 atom stereocenters. The molecule has 0 N–H and O–H groups in total. The SMILES string of the molecule is CC(=O)N1C[C@@H]2CCCN3CCC[C@@H]([C@H]23)[C@H]1CCCC(=O)N1CCCCCC1. The number of hydrogen-bond donors (Lipinski definition) is 0. The van der Waals surface area contributed by atoms with E-state index in [1.165, 1.54) is 51.6 Å². The number of nitrogens with zero attached hydrogens (tertiary/aromatic N) is 3. The molecule has 2 amide bonds. The van der Waals surface area contributed by atoms with Crippen LogP contribution in [0.2, 0.25) is 0 Å². The Morgan fingerprint density at radius 1 is 0.893 bits per heavy atom. The van der Waals surface area contributed by atoms with Gasteiger partial charge in [-0.1, -0.05) is 12.8 Å². The number of carbonyl (C=O) groups is 2. The number of piperidine rings is 3. The zero-order chi connectivity index (χ0) is 19.5. The lowest BCUT2D eigenvalue weighted by molar-refractivity contribution is -0.144. The average molecular weight is 390 g/mol. The Morgan fingerprint density at radius 3 is 2.32 bits per heavy atom. The smallest absolute Gasteiger partial charge is 0.222 e. The van der Waals surface area contributed by atoms with Crippen LogP contribution in [-0.2, 0) is 9.59 Å². The van der Waals surface area contributed by atoms with Crippen LogP contribution in [0, 0.1) is 11.8 Å². The predicted molar refractivity (Wildman–Crippen MR) is 111 cm³/mol. The van der Waals surface area contributed by atoms with Crippen molar-refractivity contribution in [2.24, 2.45) is 11.8 Å². The van der Waals surface area contributed by atoms with E-state index in [9.17, 15) is 9.59 Å². The zero-order valence-electron chi connectivity index (χ0n) is 17.8. The summed E-state index contributed by atoms with van der Waals surface area (Å²) in [5.41, 5.74) is 0. The highest BCUT2D eigenvalue weighted by atomic mass is 16.2. The maximum absolute atomic E-state index is 12.7. The van der Waals surface area contributed by atoms with Crippen molar-refractivity contribution in [3.63, 3.8) is 0 Å². The van der Waals surface area contributed by atoms with Gasteiger partial charge in [0.1, 0.15) is 0 Å². The number of likely N-dealkylation sites (tertiary alicyclic amines) is 2. The lowest BCUT2D eigenvalue weighted by Crippen LogP contribution is -2.65.